The van der Waals surface area contributed by atoms with Crippen LogP contribution in [0.5, 0.6) is 0 Å². The number of nitrogens with zero attached hydrogens (tertiary/aromatic N) is 1. The average molecular weight is 384 g/mol. The smallest absolute Gasteiger partial charge is 0.262 e. The van der Waals surface area contributed by atoms with E-state index < -0.39 is 10.0 Å². The lowest BCUT2D eigenvalue weighted by atomic mass is 10.1. The summed E-state index contributed by atoms with van der Waals surface area (Å²) >= 11 is 0. The van der Waals surface area contributed by atoms with Crippen molar-refractivity contribution in [3.05, 3.63) is 102 Å². The van der Waals surface area contributed by atoms with E-state index in [0.717, 1.165) is 10.9 Å². The lowest BCUT2D eigenvalue weighted by Gasteiger charge is -2.12. The molecule has 1 heterocycles. The van der Waals surface area contributed by atoms with Gasteiger partial charge in [-0.25, -0.2) is 8.42 Å². The molecule has 0 fully saturated rings. The van der Waals surface area contributed by atoms with E-state index in [1.807, 2.05) is 36.4 Å². The van der Waals surface area contributed by atoms with E-state index in [-0.39, 0.29) is 4.90 Å². The van der Waals surface area contributed by atoms with Crippen LogP contribution in [0.1, 0.15) is 11.1 Å². The maximum absolute atomic E-state index is 13.1. The number of benzene rings is 3. The Bertz CT molecular complexity index is 1300. The third-order valence-corrected chi connectivity index (χ3v) is 5.64. The predicted octanol–water partition coefficient (Wildman–Crippen LogP) is 4.44. The van der Waals surface area contributed by atoms with Crippen LogP contribution in [-0.2, 0) is 10.0 Å². The molecule has 4 rings (SSSR count). The Morgan fingerprint density at radius 2 is 1.57 bits per heavy atom. The van der Waals surface area contributed by atoms with E-state index in [9.17, 15) is 8.42 Å². The van der Waals surface area contributed by atoms with Crippen LogP contribution in [0.3, 0.4) is 0 Å². The lowest BCUT2D eigenvalue weighted by molar-refractivity contribution is 0.602. The number of aromatic nitrogens is 1. The van der Waals surface area contributed by atoms with E-state index in [1.165, 1.54) is 0 Å². The minimum absolute atomic E-state index is 0.237. The van der Waals surface area contributed by atoms with Gasteiger partial charge < -0.3 is 0 Å². The summed E-state index contributed by atoms with van der Waals surface area (Å²) in [7, 11) is -3.78. The molecule has 0 aliphatic rings. The van der Waals surface area contributed by atoms with Crippen LogP contribution < -0.4 is 4.72 Å². The molecule has 4 nitrogen and oxygen atoms in total. The Morgan fingerprint density at radius 1 is 0.786 bits per heavy atom. The summed E-state index contributed by atoms with van der Waals surface area (Å²) in [6.45, 7) is 0. The van der Waals surface area contributed by atoms with E-state index in [1.54, 1.807) is 54.9 Å². The highest BCUT2D eigenvalue weighted by Crippen LogP contribution is 2.26. The Morgan fingerprint density at radius 3 is 2.43 bits per heavy atom. The van der Waals surface area contributed by atoms with Gasteiger partial charge in [0.1, 0.15) is 0 Å². The van der Waals surface area contributed by atoms with Gasteiger partial charge in [0.25, 0.3) is 10.0 Å². The number of nitrogens with one attached hydrogen (secondary N) is 1. The molecular weight excluding hydrogens is 368 g/mol. The molecule has 0 saturated carbocycles. The first-order valence-electron chi connectivity index (χ1n) is 8.65. The molecule has 0 atom stereocenters. The molecule has 4 aromatic rings. The van der Waals surface area contributed by atoms with E-state index in [4.69, 9.17) is 0 Å². The fourth-order valence-corrected chi connectivity index (χ4v) is 4.20. The summed E-state index contributed by atoms with van der Waals surface area (Å²) in [5.41, 5.74) is 1.79. The number of anilines is 1. The number of hydrogen-bond acceptors (Lipinski definition) is 3. The molecule has 0 amide bonds. The molecule has 0 radical (unpaired) electrons. The summed E-state index contributed by atoms with van der Waals surface area (Å²) in [6, 6.07) is 23.4. The normalized spacial score (nSPS) is 10.9. The minimum atomic E-state index is -3.78. The Balaban J connectivity index is 1.72. The minimum Gasteiger partial charge on any atom is -0.278 e. The van der Waals surface area contributed by atoms with Crippen molar-refractivity contribution in [2.45, 2.75) is 4.90 Å². The number of hydrogen-bond donors (Lipinski definition) is 1. The van der Waals surface area contributed by atoms with Crippen molar-refractivity contribution in [1.82, 2.24) is 4.98 Å². The predicted molar refractivity (Wildman–Crippen MR) is 111 cm³/mol. The first-order chi connectivity index (χ1) is 13.6. The number of pyridine rings is 1. The van der Waals surface area contributed by atoms with Gasteiger partial charge >= 0.3 is 0 Å². The molecule has 136 valence electrons. The van der Waals surface area contributed by atoms with Crippen molar-refractivity contribution in [2.75, 3.05) is 4.72 Å². The van der Waals surface area contributed by atoms with E-state index in [0.29, 0.717) is 16.6 Å². The molecule has 0 bridgehead atoms. The van der Waals surface area contributed by atoms with Crippen LogP contribution >= 0.6 is 0 Å². The van der Waals surface area contributed by atoms with Crippen molar-refractivity contribution in [1.29, 1.82) is 0 Å². The first kappa shape index (κ1) is 17.8. The summed E-state index contributed by atoms with van der Waals surface area (Å²) < 4.78 is 28.8. The molecule has 5 heteroatoms. The van der Waals surface area contributed by atoms with Gasteiger partial charge in [0.15, 0.2) is 0 Å². The van der Waals surface area contributed by atoms with E-state index in [2.05, 4.69) is 21.5 Å². The molecule has 0 aliphatic heterocycles. The zero-order valence-electron chi connectivity index (χ0n) is 14.8. The summed E-state index contributed by atoms with van der Waals surface area (Å²) in [4.78, 5) is 4.27. The number of rotatable bonds is 3. The van der Waals surface area contributed by atoms with Gasteiger partial charge in [-0.15, -0.1) is 0 Å². The summed E-state index contributed by atoms with van der Waals surface area (Å²) in [5, 5.41) is 1.55. The molecule has 28 heavy (non-hydrogen) atoms. The second kappa shape index (κ2) is 7.55. The molecule has 0 spiro atoms. The molecule has 0 unspecified atom stereocenters. The summed E-state index contributed by atoms with van der Waals surface area (Å²) in [5.74, 6) is 6.03. The lowest BCUT2D eigenvalue weighted by Crippen LogP contribution is -2.14. The van der Waals surface area contributed by atoms with Gasteiger partial charge in [0.05, 0.1) is 10.6 Å². The number of fused-ring (bicyclic) bond motifs is 1. The van der Waals surface area contributed by atoms with Crippen LogP contribution in [0.2, 0.25) is 0 Å². The van der Waals surface area contributed by atoms with Crippen molar-refractivity contribution >= 4 is 26.5 Å². The SMILES string of the molecule is O=S(=O)(Nc1ccccc1C#Cc1cccnc1)c1cccc2ccccc12. The van der Waals surface area contributed by atoms with Gasteiger partial charge in [-0.2, -0.15) is 0 Å². The second-order valence-electron chi connectivity index (χ2n) is 6.12. The second-order valence-corrected chi connectivity index (χ2v) is 7.77. The van der Waals surface area contributed by atoms with Gasteiger partial charge in [0.2, 0.25) is 0 Å². The third-order valence-electron chi connectivity index (χ3n) is 4.21. The molecule has 3 aromatic carbocycles. The maximum Gasteiger partial charge on any atom is 0.262 e. The van der Waals surface area contributed by atoms with Crippen LogP contribution in [0.25, 0.3) is 10.8 Å². The van der Waals surface area contributed by atoms with Crippen molar-refractivity contribution in [2.24, 2.45) is 0 Å². The van der Waals surface area contributed by atoms with Crippen molar-refractivity contribution in [3.8, 4) is 11.8 Å². The van der Waals surface area contributed by atoms with Gasteiger partial charge in [-0.3, -0.25) is 9.71 Å². The summed E-state index contributed by atoms with van der Waals surface area (Å²) in [6.07, 6.45) is 3.34. The zero-order chi connectivity index (χ0) is 19.4. The molecule has 0 saturated heterocycles. The third kappa shape index (κ3) is 3.73. The number of sulfonamides is 1. The van der Waals surface area contributed by atoms with Crippen molar-refractivity contribution in [3.63, 3.8) is 0 Å². The quantitative estimate of drug-likeness (QED) is 0.532. The largest absolute Gasteiger partial charge is 0.278 e. The highest BCUT2D eigenvalue weighted by molar-refractivity contribution is 7.93. The van der Waals surface area contributed by atoms with Gasteiger partial charge in [-0.1, -0.05) is 60.4 Å². The molecule has 1 aromatic heterocycles. The van der Waals surface area contributed by atoms with Crippen LogP contribution in [0, 0.1) is 11.8 Å². The molecular formula is C23H16N2O2S. The standard InChI is InChI=1S/C23H16N2O2S/c26-28(27,23-13-5-10-19-8-1-3-11-21(19)23)25-22-12-4-2-9-20(22)15-14-18-7-6-16-24-17-18/h1-13,16-17,25H. The van der Waals surface area contributed by atoms with Crippen LogP contribution in [0.4, 0.5) is 5.69 Å². The Labute approximate surface area is 163 Å². The maximum atomic E-state index is 13.1. The molecule has 1 N–H and O–H groups in total. The Hall–Kier alpha value is -3.62. The highest BCUT2D eigenvalue weighted by Gasteiger charge is 2.18. The molecule has 0 aliphatic carbocycles. The van der Waals surface area contributed by atoms with Gasteiger partial charge in [-0.05, 0) is 35.7 Å². The zero-order valence-corrected chi connectivity index (χ0v) is 15.6. The topological polar surface area (TPSA) is 59.1 Å². The van der Waals surface area contributed by atoms with Crippen LogP contribution in [0.15, 0.2) is 96.2 Å². The Kier molecular flexibility index (Phi) is 4.79. The van der Waals surface area contributed by atoms with Crippen LogP contribution in [-0.4, -0.2) is 13.4 Å². The van der Waals surface area contributed by atoms with E-state index >= 15 is 0 Å². The fraction of sp³-hybridized carbons (Fsp3) is 0. The fourth-order valence-electron chi connectivity index (χ4n) is 2.89. The monoisotopic (exact) mass is 384 g/mol. The van der Waals surface area contributed by atoms with Gasteiger partial charge in [0, 0.05) is 28.9 Å². The average Bonchev–Trinajstić information content (AvgIpc) is 2.73. The number of para-hydroxylation sites is 1. The van der Waals surface area contributed by atoms with Crippen molar-refractivity contribution < 1.29 is 8.42 Å². The first-order valence-corrected chi connectivity index (χ1v) is 10.1. The highest BCUT2D eigenvalue weighted by atomic mass is 32.2.